The van der Waals surface area contributed by atoms with Crippen LogP contribution in [-0.2, 0) is 6.42 Å². The van der Waals surface area contributed by atoms with Crippen LogP contribution in [0.4, 0.5) is 10.5 Å². The number of rotatable bonds is 6. The summed E-state index contributed by atoms with van der Waals surface area (Å²) >= 11 is 0. The van der Waals surface area contributed by atoms with E-state index >= 15 is 0 Å². The summed E-state index contributed by atoms with van der Waals surface area (Å²) in [5.41, 5.74) is 4.86. The first-order valence-corrected chi connectivity index (χ1v) is 11.7. The Bertz CT molecular complexity index is 1370. The molecule has 1 atom stereocenters. The zero-order valence-electron chi connectivity index (χ0n) is 20.8. The van der Waals surface area contributed by atoms with Crippen molar-refractivity contribution in [2.45, 2.75) is 12.5 Å². The zero-order valence-corrected chi connectivity index (χ0v) is 20.8. The predicted molar refractivity (Wildman–Crippen MR) is 139 cm³/mol. The van der Waals surface area contributed by atoms with Crippen molar-refractivity contribution in [2.75, 3.05) is 40.3 Å². The molecule has 1 aliphatic heterocycles. The first-order valence-electron chi connectivity index (χ1n) is 11.7. The second kappa shape index (κ2) is 9.73. The van der Waals surface area contributed by atoms with Gasteiger partial charge in [-0.1, -0.05) is 30.3 Å². The average molecular weight is 488 g/mol. The number of H-pyrrole nitrogens is 1. The quantitative estimate of drug-likeness (QED) is 0.381. The van der Waals surface area contributed by atoms with Gasteiger partial charge in [-0.2, -0.15) is 0 Å². The molecule has 0 aliphatic carbocycles. The number of aromatic nitrogens is 1. The first kappa shape index (κ1) is 23.4. The van der Waals surface area contributed by atoms with Crippen LogP contribution in [0.25, 0.3) is 10.9 Å². The fraction of sp³-hybridized carbons (Fsp3) is 0.250. The summed E-state index contributed by atoms with van der Waals surface area (Å²) in [4.78, 5) is 19.2. The van der Waals surface area contributed by atoms with Gasteiger partial charge in [-0.05, 0) is 35.7 Å². The Morgan fingerprint density at radius 2 is 1.61 bits per heavy atom. The van der Waals surface area contributed by atoms with E-state index in [1.165, 1.54) is 10.9 Å². The second-order valence-electron chi connectivity index (χ2n) is 8.53. The Kier molecular flexibility index (Phi) is 6.33. The van der Waals surface area contributed by atoms with Gasteiger partial charge in [0.25, 0.3) is 0 Å². The fourth-order valence-corrected chi connectivity index (χ4v) is 4.94. The third kappa shape index (κ3) is 4.04. The Morgan fingerprint density at radius 3 is 2.25 bits per heavy atom. The number of nitrogens with one attached hydrogen (secondary N) is 2. The van der Waals surface area contributed by atoms with Crippen molar-refractivity contribution >= 4 is 22.6 Å². The van der Waals surface area contributed by atoms with Crippen molar-refractivity contribution < 1.29 is 23.7 Å². The number of benzene rings is 3. The number of anilines is 1. The molecule has 0 radical (unpaired) electrons. The highest BCUT2D eigenvalue weighted by atomic mass is 16.5. The lowest BCUT2D eigenvalue weighted by atomic mass is 9.92. The minimum absolute atomic E-state index is 0.227. The van der Waals surface area contributed by atoms with Gasteiger partial charge >= 0.3 is 6.03 Å². The molecule has 3 aromatic carbocycles. The number of urea groups is 1. The van der Waals surface area contributed by atoms with Crippen LogP contribution in [0.15, 0.2) is 60.7 Å². The molecule has 1 aliphatic rings. The molecule has 2 heterocycles. The van der Waals surface area contributed by atoms with Crippen LogP contribution in [0.5, 0.6) is 23.0 Å². The highest BCUT2D eigenvalue weighted by molar-refractivity contribution is 5.92. The van der Waals surface area contributed by atoms with E-state index in [9.17, 15) is 4.79 Å². The Morgan fingerprint density at radius 1 is 0.917 bits per heavy atom. The lowest BCUT2D eigenvalue weighted by Gasteiger charge is -2.36. The molecule has 0 fully saturated rings. The van der Waals surface area contributed by atoms with Gasteiger partial charge in [0, 0.05) is 35.3 Å². The maximum Gasteiger partial charge on any atom is 0.322 e. The van der Waals surface area contributed by atoms with Gasteiger partial charge in [0.1, 0.15) is 5.75 Å². The number of para-hydroxylation sites is 1. The van der Waals surface area contributed by atoms with Crippen molar-refractivity contribution in [2.24, 2.45) is 0 Å². The third-order valence-electron chi connectivity index (χ3n) is 6.64. The molecular formula is C28H29N3O5. The monoisotopic (exact) mass is 487 g/mol. The van der Waals surface area contributed by atoms with Crippen molar-refractivity contribution in [3.8, 4) is 23.0 Å². The number of hydrogen-bond acceptors (Lipinski definition) is 5. The van der Waals surface area contributed by atoms with E-state index < -0.39 is 0 Å². The van der Waals surface area contributed by atoms with Crippen molar-refractivity contribution in [3.63, 3.8) is 0 Å². The summed E-state index contributed by atoms with van der Waals surface area (Å²) in [6.07, 6.45) is 0.745. The number of carbonyl (C=O) groups is 1. The molecule has 0 bridgehead atoms. The van der Waals surface area contributed by atoms with Crippen LogP contribution in [0, 0.1) is 0 Å². The molecule has 0 unspecified atom stereocenters. The standard InChI is InChI=1S/C28H29N3O5/c1-33-19-11-9-17(10-12-19)26-25-21(20-7-5-6-8-22(20)30-25)13-14-31(26)28(32)29-18-15-23(34-2)27(36-4)24(16-18)35-3/h5-12,15-16,26,30H,13-14H2,1-4H3,(H,29,32)/t26-/m1/s1. The van der Waals surface area contributed by atoms with Gasteiger partial charge in [0.05, 0.1) is 40.2 Å². The van der Waals surface area contributed by atoms with E-state index in [0.29, 0.717) is 29.5 Å². The molecule has 0 spiro atoms. The van der Waals surface area contributed by atoms with E-state index in [4.69, 9.17) is 18.9 Å². The topological polar surface area (TPSA) is 85.1 Å². The molecule has 186 valence electrons. The summed E-state index contributed by atoms with van der Waals surface area (Å²) < 4.78 is 21.7. The minimum Gasteiger partial charge on any atom is -0.497 e. The van der Waals surface area contributed by atoms with Crippen LogP contribution in [-0.4, -0.2) is 50.9 Å². The first-order chi connectivity index (χ1) is 17.6. The number of fused-ring (bicyclic) bond motifs is 3. The van der Waals surface area contributed by atoms with Gasteiger partial charge in [0.2, 0.25) is 5.75 Å². The molecular weight excluding hydrogens is 458 g/mol. The molecule has 0 saturated heterocycles. The van der Waals surface area contributed by atoms with Crippen LogP contribution in [0.1, 0.15) is 22.9 Å². The number of ether oxygens (including phenoxy) is 4. The number of aromatic amines is 1. The Balaban J connectivity index is 1.54. The van der Waals surface area contributed by atoms with Crippen molar-refractivity contribution in [1.82, 2.24) is 9.88 Å². The number of hydrogen-bond donors (Lipinski definition) is 2. The molecule has 2 amide bonds. The van der Waals surface area contributed by atoms with E-state index in [0.717, 1.165) is 28.9 Å². The fourth-order valence-electron chi connectivity index (χ4n) is 4.94. The predicted octanol–water partition coefficient (Wildman–Crippen LogP) is 5.38. The number of amides is 2. The molecule has 2 N–H and O–H groups in total. The molecule has 36 heavy (non-hydrogen) atoms. The molecule has 1 aromatic heterocycles. The van der Waals surface area contributed by atoms with E-state index in [1.807, 2.05) is 41.3 Å². The number of nitrogens with zero attached hydrogens (tertiary/aromatic N) is 1. The van der Waals surface area contributed by atoms with Gasteiger partial charge in [-0.3, -0.25) is 0 Å². The molecule has 8 heteroatoms. The highest BCUT2D eigenvalue weighted by Crippen LogP contribution is 2.41. The van der Waals surface area contributed by atoms with E-state index in [-0.39, 0.29) is 12.1 Å². The average Bonchev–Trinajstić information content (AvgIpc) is 3.30. The maximum absolute atomic E-state index is 13.7. The number of methoxy groups -OCH3 is 4. The van der Waals surface area contributed by atoms with E-state index in [2.05, 4.69) is 22.4 Å². The highest BCUT2D eigenvalue weighted by Gasteiger charge is 2.35. The normalized spacial score (nSPS) is 14.8. The summed E-state index contributed by atoms with van der Waals surface area (Å²) in [7, 11) is 6.28. The van der Waals surface area contributed by atoms with Crippen molar-refractivity contribution in [3.05, 3.63) is 77.5 Å². The van der Waals surface area contributed by atoms with Crippen LogP contribution >= 0.6 is 0 Å². The molecule has 0 saturated carbocycles. The summed E-state index contributed by atoms with van der Waals surface area (Å²) in [5.74, 6) is 2.17. The van der Waals surface area contributed by atoms with Gasteiger partial charge in [-0.15, -0.1) is 0 Å². The SMILES string of the molecule is COc1ccc([C@@H]2c3[nH]c4ccccc4c3CCN2C(=O)Nc2cc(OC)c(OC)c(OC)c2)cc1. The van der Waals surface area contributed by atoms with Crippen LogP contribution in [0.3, 0.4) is 0 Å². The summed E-state index contributed by atoms with van der Waals surface area (Å²) in [6.45, 7) is 0.557. The largest absolute Gasteiger partial charge is 0.497 e. The Hall–Kier alpha value is -4.33. The van der Waals surface area contributed by atoms with E-state index in [1.54, 1.807) is 40.6 Å². The smallest absolute Gasteiger partial charge is 0.322 e. The number of carbonyl (C=O) groups excluding carboxylic acids is 1. The molecule has 8 nitrogen and oxygen atoms in total. The van der Waals surface area contributed by atoms with Crippen molar-refractivity contribution in [1.29, 1.82) is 0 Å². The van der Waals surface area contributed by atoms with Gasteiger partial charge < -0.3 is 34.1 Å². The minimum atomic E-state index is -0.297. The van der Waals surface area contributed by atoms with Gasteiger partial charge in [-0.25, -0.2) is 4.79 Å². The lowest BCUT2D eigenvalue weighted by Crippen LogP contribution is -2.43. The third-order valence-corrected chi connectivity index (χ3v) is 6.64. The molecule has 5 rings (SSSR count). The van der Waals surface area contributed by atoms with Crippen LogP contribution in [0.2, 0.25) is 0 Å². The molecule has 4 aromatic rings. The maximum atomic E-state index is 13.7. The summed E-state index contributed by atoms with van der Waals surface area (Å²) in [6, 6.07) is 19.0. The summed E-state index contributed by atoms with van der Waals surface area (Å²) in [5, 5.41) is 4.22. The zero-order chi connectivity index (χ0) is 25.2. The second-order valence-corrected chi connectivity index (χ2v) is 8.53. The lowest BCUT2D eigenvalue weighted by molar-refractivity contribution is 0.193. The Labute approximate surface area is 209 Å². The van der Waals surface area contributed by atoms with Gasteiger partial charge in [0.15, 0.2) is 11.5 Å². The van der Waals surface area contributed by atoms with Crippen LogP contribution < -0.4 is 24.3 Å².